The number of hydrogen-bond acceptors (Lipinski definition) is 4. The summed E-state index contributed by atoms with van der Waals surface area (Å²) < 4.78 is 18.8. The predicted octanol–water partition coefficient (Wildman–Crippen LogP) is 2.32. The van der Waals surface area contributed by atoms with Gasteiger partial charge in [-0.2, -0.15) is 0 Å². The fraction of sp³-hybridized carbons (Fsp3) is 0.667. The molecule has 0 atom stereocenters. The van der Waals surface area contributed by atoms with Gasteiger partial charge in [0.15, 0.2) is 5.67 Å². The maximum absolute atomic E-state index is 15.1. The second-order valence-electron chi connectivity index (χ2n) is 8.04. The van der Waals surface area contributed by atoms with Crippen molar-refractivity contribution in [2.75, 3.05) is 13.1 Å². The molecule has 8 heteroatoms. The maximum Gasteiger partial charge on any atom is 0.274 e. The second kappa shape index (κ2) is 5.89. The van der Waals surface area contributed by atoms with Gasteiger partial charge in [0.1, 0.15) is 11.4 Å². The van der Waals surface area contributed by atoms with E-state index in [9.17, 15) is 4.79 Å². The number of halogens is 1. The Hall–Kier alpha value is -2.25. The first-order chi connectivity index (χ1) is 12.6. The van der Waals surface area contributed by atoms with Crippen LogP contribution in [-0.4, -0.2) is 48.4 Å². The summed E-state index contributed by atoms with van der Waals surface area (Å²) in [6.45, 7) is 0.846. The molecule has 2 saturated carbocycles. The van der Waals surface area contributed by atoms with E-state index in [2.05, 4.69) is 15.3 Å². The smallest absolute Gasteiger partial charge is 0.274 e. The lowest BCUT2D eigenvalue weighted by Crippen LogP contribution is -2.59. The Balaban J connectivity index is 1.21. The Morgan fingerprint density at radius 3 is 2.69 bits per heavy atom. The van der Waals surface area contributed by atoms with Crippen LogP contribution in [0.25, 0.3) is 0 Å². The summed E-state index contributed by atoms with van der Waals surface area (Å²) >= 11 is 0. The maximum atomic E-state index is 15.1. The van der Waals surface area contributed by atoms with E-state index in [4.69, 9.17) is 0 Å². The molecule has 2 aromatic rings. The number of alkyl halides is 1. The van der Waals surface area contributed by atoms with Crippen molar-refractivity contribution in [1.82, 2.24) is 29.4 Å². The summed E-state index contributed by atoms with van der Waals surface area (Å²) in [5.41, 5.74) is -0.866. The average molecular weight is 358 g/mol. The minimum atomic E-state index is -1.59. The molecule has 5 rings (SSSR count). The zero-order valence-corrected chi connectivity index (χ0v) is 14.7. The number of carbonyl (C=O) groups is 1. The number of imidazole rings is 1. The highest BCUT2D eigenvalue weighted by Gasteiger charge is 2.50. The molecule has 2 aliphatic carbocycles. The number of nitrogens with zero attached hydrogens (tertiary/aromatic N) is 6. The van der Waals surface area contributed by atoms with Crippen molar-refractivity contribution in [3.8, 4) is 0 Å². The summed E-state index contributed by atoms with van der Waals surface area (Å²) in [7, 11) is 0. The zero-order valence-electron chi connectivity index (χ0n) is 14.7. The minimum Gasteiger partial charge on any atom is -0.334 e. The van der Waals surface area contributed by atoms with Crippen LogP contribution in [0.3, 0.4) is 0 Å². The highest BCUT2D eigenvalue weighted by atomic mass is 19.1. The third-order valence-corrected chi connectivity index (χ3v) is 5.88. The van der Waals surface area contributed by atoms with E-state index in [1.807, 2.05) is 4.57 Å². The molecule has 0 unspecified atom stereocenters. The summed E-state index contributed by atoms with van der Waals surface area (Å²) in [5.74, 6) is 0.414. The molecule has 3 heterocycles. The van der Waals surface area contributed by atoms with Gasteiger partial charge >= 0.3 is 0 Å². The normalized spacial score (nSPS) is 22.6. The topological polar surface area (TPSA) is 68.8 Å². The molecule has 0 aromatic carbocycles. The third-order valence-electron chi connectivity index (χ3n) is 5.88. The first kappa shape index (κ1) is 16.0. The molecular formula is C18H23FN6O. The lowest BCUT2D eigenvalue weighted by Gasteiger charge is -2.42. The molecule has 0 bridgehead atoms. The van der Waals surface area contributed by atoms with Crippen LogP contribution in [0, 0.1) is 5.92 Å². The van der Waals surface area contributed by atoms with Crippen molar-refractivity contribution in [2.45, 2.75) is 56.8 Å². The van der Waals surface area contributed by atoms with Crippen LogP contribution in [0.2, 0.25) is 0 Å². The fourth-order valence-corrected chi connectivity index (χ4v) is 4.10. The monoisotopic (exact) mass is 358 g/mol. The molecule has 1 aliphatic heterocycles. The molecule has 3 fully saturated rings. The average Bonchev–Trinajstić information content (AvgIpc) is 3.05. The van der Waals surface area contributed by atoms with Crippen molar-refractivity contribution in [2.24, 2.45) is 5.92 Å². The van der Waals surface area contributed by atoms with Crippen molar-refractivity contribution < 1.29 is 9.18 Å². The standard InChI is InChI=1S/C18H23FN6O/c19-18(16-9-25(22-21-16)7-13-3-1-2-4-13)10-24(11-18)17(26)15-8-23(12-20-15)14-5-6-14/h8-9,12-14H,1-7,10-11H2. The fourth-order valence-electron chi connectivity index (χ4n) is 4.10. The lowest BCUT2D eigenvalue weighted by atomic mass is 9.92. The molecule has 0 N–H and O–H groups in total. The quantitative estimate of drug-likeness (QED) is 0.823. The van der Waals surface area contributed by atoms with Gasteiger partial charge in [-0.25, -0.2) is 9.37 Å². The molecule has 1 amide bonds. The van der Waals surface area contributed by atoms with Gasteiger partial charge in [-0.05, 0) is 31.6 Å². The summed E-state index contributed by atoms with van der Waals surface area (Å²) in [4.78, 5) is 18.2. The molecule has 138 valence electrons. The van der Waals surface area contributed by atoms with Gasteiger partial charge in [0.05, 0.1) is 25.6 Å². The van der Waals surface area contributed by atoms with Gasteiger partial charge in [-0.15, -0.1) is 5.10 Å². The number of hydrogen-bond donors (Lipinski definition) is 0. The van der Waals surface area contributed by atoms with Crippen molar-refractivity contribution >= 4 is 5.91 Å². The van der Waals surface area contributed by atoms with Gasteiger partial charge in [0.2, 0.25) is 0 Å². The Morgan fingerprint density at radius 1 is 1.19 bits per heavy atom. The van der Waals surface area contributed by atoms with Crippen molar-refractivity contribution in [3.63, 3.8) is 0 Å². The molecule has 2 aromatic heterocycles. The predicted molar refractivity (Wildman–Crippen MR) is 91.2 cm³/mol. The van der Waals surface area contributed by atoms with Crippen LogP contribution in [0.15, 0.2) is 18.7 Å². The Kier molecular flexibility index (Phi) is 3.62. The number of carbonyl (C=O) groups excluding carboxylic acids is 1. The SMILES string of the molecule is O=C(c1cn(C2CC2)cn1)N1CC(F)(c2cn(CC3CCCC3)nn2)C1. The van der Waals surface area contributed by atoms with Crippen LogP contribution in [0.4, 0.5) is 4.39 Å². The molecule has 0 radical (unpaired) electrons. The molecule has 26 heavy (non-hydrogen) atoms. The Bertz CT molecular complexity index is 813. The Morgan fingerprint density at radius 2 is 1.96 bits per heavy atom. The second-order valence-corrected chi connectivity index (χ2v) is 8.04. The van der Waals surface area contributed by atoms with Crippen molar-refractivity contribution in [3.05, 3.63) is 30.1 Å². The van der Waals surface area contributed by atoms with Gasteiger partial charge in [-0.1, -0.05) is 18.1 Å². The first-order valence-electron chi connectivity index (χ1n) is 9.53. The van der Waals surface area contributed by atoms with Crippen LogP contribution >= 0.6 is 0 Å². The van der Waals surface area contributed by atoms with Gasteiger partial charge < -0.3 is 9.47 Å². The first-order valence-corrected chi connectivity index (χ1v) is 9.53. The zero-order chi connectivity index (χ0) is 17.7. The third kappa shape index (κ3) is 2.81. The lowest BCUT2D eigenvalue weighted by molar-refractivity contribution is -0.0261. The van der Waals surface area contributed by atoms with E-state index < -0.39 is 5.67 Å². The van der Waals surface area contributed by atoms with Crippen LogP contribution in [-0.2, 0) is 12.2 Å². The van der Waals surface area contributed by atoms with E-state index in [0.29, 0.717) is 23.3 Å². The van der Waals surface area contributed by atoms with Gasteiger partial charge in [0, 0.05) is 18.8 Å². The number of aromatic nitrogens is 5. The Labute approximate surface area is 151 Å². The van der Waals surface area contributed by atoms with E-state index in [1.165, 1.54) is 30.6 Å². The van der Waals surface area contributed by atoms with E-state index >= 15 is 4.39 Å². The summed E-state index contributed by atoms with van der Waals surface area (Å²) in [6, 6.07) is 0.482. The largest absolute Gasteiger partial charge is 0.334 e. The summed E-state index contributed by atoms with van der Waals surface area (Å²) in [5, 5.41) is 8.13. The molecule has 0 spiro atoms. The molecule has 3 aliphatic rings. The van der Waals surface area contributed by atoms with Gasteiger partial charge in [0.25, 0.3) is 5.91 Å². The number of amides is 1. The van der Waals surface area contributed by atoms with Crippen LogP contribution in [0.1, 0.15) is 60.7 Å². The number of likely N-dealkylation sites (tertiary alicyclic amines) is 1. The van der Waals surface area contributed by atoms with Crippen molar-refractivity contribution in [1.29, 1.82) is 0 Å². The van der Waals surface area contributed by atoms with E-state index in [-0.39, 0.29) is 19.0 Å². The highest BCUT2D eigenvalue weighted by Crippen LogP contribution is 2.37. The summed E-state index contributed by atoms with van der Waals surface area (Å²) in [6.07, 6.45) is 12.4. The molecule has 7 nitrogen and oxygen atoms in total. The minimum absolute atomic E-state index is 0.0181. The molecular weight excluding hydrogens is 335 g/mol. The number of rotatable bonds is 5. The molecule has 1 saturated heterocycles. The van der Waals surface area contributed by atoms with Gasteiger partial charge in [-0.3, -0.25) is 9.48 Å². The van der Waals surface area contributed by atoms with E-state index in [1.54, 1.807) is 23.4 Å². The highest BCUT2D eigenvalue weighted by molar-refractivity contribution is 5.92. The van der Waals surface area contributed by atoms with E-state index in [0.717, 1.165) is 19.4 Å². The van der Waals surface area contributed by atoms with Crippen LogP contribution in [0.5, 0.6) is 0 Å². The van der Waals surface area contributed by atoms with Crippen LogP contribution < -0.4 is 0 Å².